The predicted molar refractivity (Wildman–Crippen MR) is 106 cm³/mol. The molecule has 0 saturated carbocycles. The summed E-state index contributed by atoms with van der Waals surface area (Å²) in [6.07, 6.45) is 6.78. The summed E-state index contributed by atoms with van der Waals surface area (Å²) in [5, 5.41) is 8.66. The fourth-order valence-electron chi connectivity index (χ4n) is 3.38. The number of hydrogen-bond acceptors (Lipinski definition) is 5. The van der Waals surface area contributed by atoms with E-state index in [2.05, 4.69) is 6.08 Å². The zero-order chi connectivity index (χ0) is 20.2. The van der Waals surface area contributed by atoms with Crippen molar-refractivity contribution < 1.29 is 24.3 Å². The summed E-state index contributed by atoms with van der Waals surface area (Å²) in [4.78, 5) is 26.1. The Balaban J connectivity index is 1.49. The highest BCUT2D eigenvalue weighted by Crippen LogP contribution is 2.37. The number of rotatable bonds is 4. The second-order valence-electron chi connectivity index (χ2n) is 6.76. The Morgan fingerprint density at radius 2 is 1.97 bits per heavy atom. The number of para-hydroxylation sites is 2. The molecule has 2 aromatic carbocycles. The fourth-order valence-corrected chi connectivity index (χ4v) is 3.38. The van der Waals surface area contributed by atoms with Crippen LogP contribution in [-0.4, -0.2) is 30.2 Å². The number of nitrogens with one attached hydrogen (secondary N) is 1. The van der Waals surface area contributed by atoms with E-state index in [1.165, 1.54) is 12.1 Å². The van der Waals surface area contributed by atoms with Crippen molar-refractivity contribution in [2.45, 2.75) is 6.42 Å². The van der Waals surface area contributed by atoms with E-state index in [1.54, 1.807) is 22.5 Å². The van der Waals surface area contributed by atoms with Crippen LogP contribution in [-0.2, 0) is 4.79 Å². The fraction of sp³-hybridized carbons (Fsp3) is 0.182. The number of hydrogen-bond donors (Lipinski definition) is 2. The molecule has 1 aliphatic heterocycles. The molecule has 0 saturated heterocycles. The van der Waals surface area contributed by atoms with Crippen LogP contribution < -0.4 is 19.9 Å². The maximum absolute atomic E-state index is 13.0. The van der Waals surface area contributed by atoms with Gasteiger partial charge in [-0.2, -0.15) is 0 Å². The van der Waals surface area contributed by atoms with Crippen molar-refractivity contribution in [3.8, 4) is 11.5 Å². The number of benzene rings is 2. The van der Waals surface area contributed by atoms with Gasteiger partial charge in [-0.1, -0.05) is 24.3 Å². The Labute approximate surface area is 167 Å². The number of carbonyl (C=O) groups excluding carboxylic acids is 2. The van der Waals surface area contributed by atoms with E-state index in [1.807, 2.05) is 36.4 Å². The molecule has 1 unspecified atom stereocenters. The summed E-state index contributed by atoms with van der Waals surface area (Å²) in [6, 6.07) is 13.6. The first-order chi connectivity index (χ1) is 14.2. The van der Waals surface area contributed by atoms with Gasteiger partial charge in [0.05, 0.1) is 5.69 Å². The SMILES string of the molecule is O=C(NO)c1ccc(OCC(=O)N2CC3CC=CC=C3Oc3ccccc32)cc1. The first-order valence-corrected chi connectivity index (χ1v) is 9.27. The van der Waals surface area contributed by atoms with Crippen molar-refractivity contribution in [1.82, 2.24) is 5.48 Å². The normalized spacial score (nSPS) is 17.2. The molecule has 0 radical (unpaired) electrons. The Hall–Kier alpha value is -3.58. The predicted octanol–water partition coefficient (Wildman–Crippen LogP) is 3.07. The van der Waals surface area contributed by atoms with Gasteiger partial charge in [0.15, 0.2) is 12.4 Å². The molecule has 1 aliphatic carbocycles. The summed E-state index contributed by atoms with van der Waals surface area (Å²) in [5.74, 6) is 1.24. The van der Waals surface area contributed by atoms with Gasteiger partial charge in [-0.05, 0) is 48.9 Å². The van der Waals surface area contributed by atoms with Crippen LogP contribution in [0.4, 0.5) is 5.69 Å². The zero-order valence-electron chi connectivity index (χ0n) is 15.6. The number of nitrogens with zero attached hydrogens (tertiary/aromatic N) is 1. The van der Waals surface area contributed by atoms with Gasteiger partial charge in [0.2, 0.25) is 0 Å². The standard InChI is InChI=1S/C22H20N2O5/c25-21(14-28-17-11-9-15(10-12-17)22(26)23-27)24-13-16-5-1-3-7-19(16)29-20-8-4-2-6-18(20)24/h1-4,6-12,16,27H,5,13-14H2,(H,23,26). The highest BCUT2D eigenvalue weighted by Gasteiger charge is 2.30. The van der Waals surface area contributed by atoms with Gasteiger partial charge in [-0.15, -0.1) is 0 Å². The average Bonchev–Trinajstić information content (AvgIpc) is 2.94. The highest BCUT2D eigenvalue weighted by molar-refractivity contribution is 5.96. The molecule has 148 valence electrons. The quantitative estimate of drug-likeness (QED) is 0.617. The van der Waals surface area contributed by atoms with E-state index in [0.717, 1.165) is 12.2 Å². The molecule has 1 atom stereocenters. The highest BCUT2D eigenvalue weighted by atomic mass is 16.5. The van der Waals surface area contributed by atoms with E-state index in [0.29, 0.717) is 23.7 Å². The van der Waals surface area contributed by atoms with Crippen LogP contribution in [0, 0.1) is 5.92 Å². The Morgan fingerprint density at radius 3 is 2.76 bits per heavy atom. The molecule has 0 aromatic heterocycles. The molecular formula is C22H20N2O5. The number of ether oxygens (including phenoxy) is 2. The van der Waals surface area contributed by atoms with Crippen LogP contribution in [0.15, 0.2) is 72.5 Å². The maximum atomic E-state index is 13.0. The molecule has 29 heavy (non-hydrogen) atoms. The Morgan fingerprint density at radius 1 is 1.17 bits per heavy atom. The number of anilines is 1. The van der Waals surface area contributed by atoms with Crippen LogP contribution >= 0.6 is 0 Å². The van der Waals surface area contributed by atoms with E-state index >= 15 is 0 Å². The number of allylic oxidation sites excluding steroid dienone is 3. The monoisotopic (exact) mass is 392 g/mol. The van der Waals surface area contributed by atoms with Crippen LogP contribution in [0.1, 0.15) is 16.8 Å². The van der Waals surface area contributed by atoms with E-state index in [9.17, 15) is 9.59 Å². The molecule has 4 rings (SSSR count). The third-order valence-corrected chi connectivity index (χ3v) is 4.89. The minimum absolute atomic E-state index is 0.0904. The zero-order valence-corrected chi connectivity index (χ0v) is 15.6. The number of fused-ring (bicyclic) bond motifs is 2. The van der Waals surface area contributed by atoms with Crippen molar-refractivity contribution in [2.24, 2.45) is 5.92 Å². The van der Waals surface area contributed by atoms with Gasteiger partial charge in [-0.25, -0.2) is 5.48 Å². The van der Waals surface area contributed by atoms with Crippen molar-refractivity contribution in [2.75, 3.05) is 18.1 Å². The van der Waals surface area contributed by atoms with Crippen LogP contribution in [0.2, 0.25) is 0 Å². The van der Waals surface area contributed by atoms with Gasteiger partial charge in [-0.3, -0.25) is 14.8 Å². The lowest BCUT2D eigenvalue weighted by molar-refractivity contribution is -0.120. The minimum Gasteiger partial charge on any atom is -0.484 e. The number of hydroxylamine groups is 1. The minimum atomic E-state index is -0.612. The van der Waals surface area contributed by atoms with Gasteiger partial charge >= 0.3 is 0 Å². The van der Waals surface area contributed by atoms with Gasteiger partial charge in [0.1, 0.15) is 11.5 Å². The molecule has 2 amide bonds. The van der Waals surface area contributed by atoms with Gasteiger partial charge < -0.3 is 14.4 Å². The topological polar surface area (TPSA) is 88.1 Å². The average molecular weight is 392 g/mol. The van der Waals surface area contributed by atoms with Crippen molar-refractivity contribution in [3.63, 3.8) is 0 Å². The van der Waals surface area contributed by atoms with Crippen molar-refractivity contribution in [1.29, 1.82) is 0 Å². The van der Waals surface area contributed by atoms with Gasteiger partial charge in [0.25, 0.3) is 11.8 Å². The third-order valence-electron chi connectivity index (χ3n) is 4.89. The number of amides is 2. The molecule has 1 heterocycles. The lowest BCUT2D eigenvalue weighted by atomic mass is 9.98. The van der Waals surface area contributed by atoms with Crippen LogP contribution in [0.5, 0.6) is 11.5 Å². The summed E-state index contributed by atoms with van der Waals surface area (Å²) < 4.78 is 11.7. The largest absolute Gasteiger partial charge is 0.484 e. The van der Waals surface area contributed by atoms with E-state index in [-0.39, 0.29) is 24.0 Å². The molecule has 0 fully saturated rings. The van der Waals surface area contributed by atoms with Crippen molar-refractivity contribution >= 4 is 17.5 Å². The molecule has 7 heteroatoms. The third kappa shape index (κ3) is 4.00. The summed E-state index contributed by atoms with van der Waals surface area (Å²) in [7, 11) is 0. The molecule has 7 nitrogen and oxygen atoms in total. The van der Waals surface area contributed by atoms with Crippen LogP contribution in [0.3, 0.4) is 0 Å². The molecule has 2 aliphatic rings. The van der Waals surface area contributed by atoms with Gasteiger partial charge in [0, 0.05) is 18.0 Å². The second-order valence-corrected chi connectivity index (χ2v) is 6.76. The van der Waals surface area contributed by atoms with E-state index in [4.69, 9.17) is 14.7 Å². The lowest BCUT2D eigenvalue weighted by Crippen LogP contribution is -2.38. The Bertz CT molecular complexity index is 981. The smallest absolute Gasteiger partial charge is 0.274 e. The molecule has 0 bridgehead atoms. The maximum Gasteiger partial charge on any atom is 0.274 e. The summed E-state index contributed by atoms with van der Waals surface area (Å²) >= 11 is 0. The lowest BCUT2D eigenvalue weighted by Gasteiger charge is -2.25. The Kier molecular flexibility index (Phi) is 5.31. The number of carbonyl (C=O) groups is 2. The molecule has 2 N–H and O–H groups in total. The summed E-state index contributed by atoms with van der Waals surface area (Å²) in [6.45, 7) is 0.354. The second kappa shape index (κ2) is 8.20. The summed E-state index contributed by atoms with van der Waals surface area (Å²) in [5.41, 5.74) is 2.57. The van der Waals surface area contributed by atoms with Crippen molar-refractivity contribution in [3.05, 3.63) is 78.1 Å². The first-order valence-electron chi connectivity index (χ1n) is 9.27. The molecule has 0 spiro atoms. The first kappa shape index (κ1) is 18.8. The van der Waals surface area contributed by atoms with E-state index < -0.39 is 5.91 Å². The molecule has 2 aromatic rings. The van der Waals surface area contributed by atoms with Crippen LogP contribution in [0.25, 0.3) is 0 Å². The molecular weight excluding hydrogens is 372 g/mol.